The van der Waals surface area contributed by atoms with Crippen LogP contribution in [0.1, 0.15) is 32.6 Å². The molecule has 0 bridgehead atoms. The quantitative estimate of drug-likeness (QED) is 0.678. The van der Waals surface area contributed by atoms with Gasteiger partial charge in [-0.1, -0.05) is 24.6 Å². The summed E-state index contributed by atoms with van der Waals surface area (Å²) in [5.74, 6) is -0.275. The van der Waals surface area contributed by atoms with Crippen LogP contribution in [0, 0.1) is 0 Å². The van der Waals surface area contributed by atoms with E-state index in [-0.39, 0.29) is 11.8 Å². The molecule has 0 unspecified atom stereocenters. The maximum absolute atomic E-state index is 12.2. The van der Waals surface area contributed by atoms with Crippen molar-refractivity contribution in [2.45, 2.75) is 49.1 Å². The number of rotatable bonds is 5. The minimum atomic E-state index is -0.564. The van der Waals surface area contributed by atoms with Crippen LogP contribution in [0.15, 0.2) is 29.4 Å². The Balaban J connectivity index is 1.58. The van der Waals surface area contributed by atoms with Gasteiger partial charge in [0.05, 0.1) is 10.9 Å². The van der Waals surface area contributed by atoms with Crippen molar-refractivity contribution >= 4 is 23.7 Å². The van der Waals surface area contributed by atoms with E-state index in [1.54, 1.807) is 19.1 Å². The van der Waals surface area contributed by atoms with Crippen LogP contribution in [0.25, 0.3) is 5.69 Å². The number of thioether (sulfide) groups is 1. The Morgan fingerprint density at radius 3 is 2.65 bits per heavy atom. The van der Waals surface area contributed by atoms with Gasteiger partial charge < -0.3 is 10.4 Å². The molecule has 138 valence electrons. The molecule has 1 heterocycles. The van der Waals surface area contributed by atoms with Crippen molar-refractivity contribution in [1.29, 1.82) is 0 Å². The summed E-state index contributed by atoms with van der Waals surface area (Å²) in [4.78, 5) is 24.2. The summed E-state index contributed by atoms with van der Waals surface area (Å²) in [5.41, 5.74) is 0.655. The summed E-state index contributed by atoms with van der Waals surface area (Å²) in [6.45, 7) is 1.68. The first-order valence-electron chi connectivity index (χ1n) is 8.39. The zero-order chi connectivity index (χ0) is 18.5. The number of carbonyl (C=O) groups is 2. The van der Waals surface area contributed by atoms with Gasteiger partial charge >= 0.3 is 6.03 Å². The summed E-state index contributed by atoms with van der Waals surface area (Å²) in [6.07, 6.45) is 4.11. The second-order valence-electron chi connectivity index (χ2n) is 6.09. The number of urea groups is 1. The van der Waals surface area contributed by atoms with Gasteiger partial charge in [0, 0.05) is 6.04 Å². The third-order valence-electron chi connectivity index (χ3n) is 4.11. The molecule has 0 radical (unpaired) electrons. The molecule has 1 aliphatic rings. The highest BCUT2D eigenvalue weighted by atomic mass is 32.2. The van der Waals surface area contributed by atoms with E-state index in [9.17, 15) is 14.7 Å². The van der Waals surface area contributed by atoms with Crippen LogP contribution in [0.4, 0.5) is 4.79 Å². The lowest BCUT2D eigenvalue weighted by molar-refractivity contribution is -0.119. The monoisotopic (exact) mass is 376 g/mol. The second kappa shape index (κ2) is 8.17. The fourth-order valence-electron chi connectivity index (χ4n) is 2.73. The highest BCUT2D eigenvalue weighted by Crippen LogP contribution is 2.24. The topological polar surface area (TPSA) is 122 Å². The van der Waals surface area contributed by atoms with Crippen LogP contribution < -0.4 is 10.6 Å². The molecule has 9 nitrogen and oxygen atoms in total. The standard InChI is InChI=1S/C16H20N6O3S/c1-10(14(24)18-15(25)17-11-4-2-3-5-11)26-16-19-20-21-22(16)12-6-8-13(23)9-7-12/h6-11,23H,2-5H2,1H3,(H2,17,18,24,25)/t10-/m1/s1. The number of tetrazole rings is 1. The minimum Gasteiger partial charge on any atom is -0.508 e. The van der Waals surface area contributed by atoms with Crippen LogP contribution in [0.3, 0.4) is 0 Å². The predicted molar refractivity (Wildman–Crippen MR) is 95.1 cm³/mol. The first-order valence-corrected chi connectivity index (χ1v) is 9.26. The maximum atomic E-state index is 12.2. The highest BCUT2D eigenvalue weighted by molar-refractivity contribution is 8.00. The zero-order valence-electron chi connectivity index (χ0n) is 14.3. The average molecular weight is 376 g/mol. The van der Waals surface area contributed by atoms with Crippen molar-refractivity contribution in [1.82, 2.24) is 30.8 Å². The lowest BCUT2D eigenvalue weighted by atomic mass is 10.2. The number of nitrogens with zero attached hydrogens (tertiary/aromatic N) is 4. The van der Waals surface area contributed by atoms with Gasteiger partial charge in [0.25, 0.3) is 0 Å². The fourth-order valence-corrected chi connectivity index (χ4v) is 3.53. The summed E-state index contributed by atoms with van der Waals surface area (Å²) >= 11 is 1.14. The van der Waals surface area contributed by atoms with Crippen molar-refractivity contribution in [2.75, 3.05) is 0 Å². The molecule has 3 N–H and O–H groups in total. The van der Waals surface area contributed by atoms with Crippen molar-refractivity contribution in [3.05, 3.63) is 24.3 Å². The van der Waals surface area contributed by atoms with E-state index in [0.717, 1.165) is 37.4 Å². The number of hydrogen-bond acceptors (Lipinski definition) is 7. The number of amides is 3. The molecule has 1 atom stereocenters. The number of carbonyl (C=O) groups excluding carboxylic acids is 2. The summed E-state index contributed by atoms with van der Waals surface area (Å²) in [6, 6.07) is 6.05. The van der Waals surface area contributed by atoms with Gasteiger partial charge in [-0.2, -0.15) is 4.68 Å². The van der Waals surface area contributed by atoms with E-state index in [2.05, 4.69) is 26.2 Å². The molecule has 1 aromatic carbocycles. The normalized spacial score (nSPS) is 15.6. The Kier molecular flexibility index (Phi) is 5.71. The van der Waals surface area contributed by atoms with Crippen molar-refractivity contribution < 1.29 is 14.7 Å². The molecule has 3 amide bonds. The van der Waals surface area contributed by atoms with Gasteiger partial charge in [0.1, 0.15) is 5.75 Å². The van der Waals surface area contributed by atoms with Crippen molar-refractivity contribution in [3.63, 3.8) is 0 Å². The number of imide groups is 1. The highest BCUT2D eigenvalue weighted by Gasteiger charge is 2.23. The van der Waals surface area contributed by atoms with E-state index < -0.39 is 17.2 Å². The smallest absolute Gasteiger partial charge is 0.321 e. The molecule has 2 aromatic rings. The Morgan fingerprint density at radius 2 is 1.96 bits per heavy atom. The van der Waals surface area contributed by atoms with E-state index in [1.165, 1.54) is 16.8 Å². The van der Waals surface area contributed by atoms with Gasteiger partial charge in [-0.15, -0.1) is 5.10 Å². The molecule has 0 spiro atoms. The molecule has 0 aliphatic heterocycles. The third-order valence-corrected chi connectivity index (χ3v) is 5.15. The van der Waals surface area contributed by atoms with E-state index in [0.29, 0.717) is 10.8 Å². The second-order valence-corrected chi connectivity index (χ2v) is 7.40. The van der Waals surface area contributed by atoms with Crippen LogP contribution in [-0.4, -0.2) is 48.5 Å². The largest absolute Gasteiger partial charge is 0.508 e. The summed E-state index contributed by atoms with van der Waals surface area (Å²) in [5, 5.41) is 25.9. The number of phenols is 1. The zero-order valence-corrected chi connectivity index (χ0v) is 15.1. The number of aromatic nitrogens is 4. The molecular weight excluding hydrogens is 356 g/mol. The lowest BCUT2D eigenvalue weighted by Crippen LogP contribution is -2.45. The third kappa shape index (κ3) is 4.51. The number of hydrogen-bond donors (Lipinski definition) is 3. The molecule has 3 rings (SSSR count). The number of nitrogens with one attached hydrogen (secondary N) is 2. The summed E-state index contributed by atoms with van der Waals surface area (Å²) in [7, 11) is 0. The number of benzene rings is 1. The van der Waals surface area contributed by atoms with E-state index in [4.69, 9.17) is 0 Å². The minimum absolute atomic E-state index is 0.136. The SMILES string of the molecule is C[C@@H](Sc1nnnn1-c1ccc(O)cc1)C(=O)NC(=O)NC1CCCC1. The molecule has 1 aliphatic carbocycles. The van der Waals surface area contributed by atoms with Gasteiger partial charge in [-0.25, -0.2) is 4.79 Å². The van der Waals surface area contributed by atoms with Gasteiger partial charge in [0.2, 0.25) is 11.1 Å². The van der Waals surface area contributed by atoms with E-state index >= 15 is 0 Å². The fraction of sp³-hybridized carbons (Fsp3) is 0.438. The first kappa shape index (κ1) is 18.2. The molecule has 0 saturated heterocycles. The lowest BCUT2D eigenvalue weighted by Gasteiger charge is -2.14. The molecule has 10 heteroatoms. The van der Waals surface area contributed by atoms with Crippen LogP contribution in [-0.2, 0) is 4.79 Å². The first-order chi connectivity index (χ1) is 12.5. The predicted octanol–water partition coefficient (Wildman–Crippen LogP) is 1.62. The average Bonchev–Trinajstić information content (AvgIpc) is 3.27. The van der Waals surface area contributed by atoms with E-state index in [1.807, 2.05) is 0 Å². The van der Waals surface area contributed by atoms with Crippen molar-refractivity contribution in [3.8, 4) is 11.4 Å². The Labute approximate surface area is 154 Å². The molecular formula is C16H20N6O3S. The molecule has 1 saturated carbocycles. The Hall–Kier alpha value is -2.62. The van der Waals surface area contributed by atoms with Gasteiger partial charge in [-0.05, 0) is 54.5 Å². The Bertz CT molecular complexity index is 773. The molecule has 26 heavy (non-hydrogen) atoms. The van der Waals surface area contributed by atoms with Crippen LogP contribution >= 0.6 is 11.8 Å². The maximum Gasteiger partial charge on any atom is 0.321 e. The van der Waals surface area contributed by atoms with Crippen LogP contribution in [0.5, 0.6) is 5.75 Å². The molecule has 1 fully saturated rings. The van der Waals surface area contributed by atoms with Crippen molar-refractivity contribution in [2.24, 2.45) is 0 Å². The molecule has 1 aromatic heterocycles. The Morgan fingerprint density at radius 1 is 1.27 bits per heavy atom. The summed E-state index contributed by atoms with van der Waals surface area (Å²) < 4.78 is 1.46. The van der Waals surface area contributed by atoms with Gasteiger partial charge in [-0.3, -0.25) is 10.1 Å². The number of phenolic OH excluding ortho intramolecular Hbond substituents is 1. The number of aromatic hydroxyl groups is 1. The van der Waals surface area contributed by atoms with Crippen LogP contribution in [0.2, 0.25) is 0 Å². The van der Waals surface area contributed by atoms with Gasteiger partial charge in [0.15, 0.2) is 0 Å².